The summed E-state index contributed by atoms with van der Waals surface area (Å²) in [5.74, 6) is 0.368. The second-order valence-corrected chi connectivity index (χ2v) is 15.7. The lowest BCUT2D eigenvalue weighted by molar-refractivity contribution is -0.116. The van der Waals surface area contributed by atoms with E-state index in [0.717, 1.165) is 117 Å². The maximum atomic E-state index is 13.2. The molecule has 1 unspecified atom stereocenters. The summed E-state index contributed by atoms with van der Waals surface area (Å²) in [6.45, 7) is 6.47. The number of allylic oxidation sites excluding steroid dienone is 4. The zero-order valence-electron chi connectivity index (χ0n) is 29.4. The third kappa shape index (κ3) is 6.00. The van der Waals surface area contributed by atoms with Crippen LogP contribution in [-0.2, 0) is 4.79 Å². The first-order valence-corrected chi connectivity index (χ1v) is 19.5. The highest BCUT2D eigenvalue weighted by atomic mass is 16.3. The number of benzene rings is 1. The predicted molar refractivity (Wildman–Crippen MR) is 200 cm³/mol. The molecule has 1 amide bonds. The quantitative estimate of drug-likeness (QED) is 0.183. The van der Waals surface area contributed by atoms with Gasteiger partial charge in [0.2, 0.25) is 5.91 Å². The summed E-state index contributed by atoms with van der Waals surface area (Å²) in [6.07, 6.45) is 28.3. The number of para-hydroxylation sites is 1. The number of carbonyl (C=O) groups is 1. The minimum Gasteiger partial charge on any atom is -0.384 e. The number of pyridine rings is 1. The van der Waals surface area contributed by atoms with Gasteiger partial charge in [0.25, 0.3) is 0 Å². The third-order valence-electron chi connectivity index (χ3n) is 12.6. The molecule has 2 saturated heterocycles. The number of nitrogens with one attached hydrogen (secondary N) is 2. The first kappa shape index (κ1) is 32.9. The Morgan fingerprint density at radius 1 is 1.00 bits per heavy atom. The maximum Gasteiger partial charge on any atom is 0.224 e. The maximum absolute atomic E-state index is 13.2. The number of aliphatic hydroxyl groups is 1. The van der Waals surface area contributed by atoms with Crippen molar-refractivity contribution in [3.63, 3.8) is 0 Å². The van der Waals surface area contributed by atoms with Crippen molar-refractivity contribution in [2.75, 3.05) is 31.5 Å². The van der Waals surface area contributed by atoms with Crippen molar-refractivity contribution < 1.29 is 9.90 Å². The van der Waals surface area contributed by atoms with Crippen LogP contribution >= 0.6 is 0 Å². The number of aromatic amines is 1. The fourth-order valence-electron chi connectivity index (χ4n) is 10.5. The Kier molecular flexibility index (Phi) is 9.27. The molecule has 3 bridgehead atoms. The van der Waals surface area contributed by atoms with Gasteiger partial charge in [0.1, 0.15) is 0 Å². The number of hydrogen-bond acceptors (Lipinski definition) is 5. The SMILES string of the molecule is CCCCCC(=O)Nc1cccc2c1[nH]c1c(C3=C[C@@]4(O)CC/C=C\CCCCN5CC[C@@H]3[C@]3(C[C@@H]6/C=C\CCCCN6[C@H]34)C5)nccc12. The Hall–Kier alpha value is -3.26. The Morgan fingerprint density at radius 2 is 1.84 bits per heavy atom. The van der Waals surface area contributed by atoms with E-state index in [9.17, 15) is 9.90 Å². The number of anilines is 1. The highest BCUT2D eigenvalue weighted by Crippen LogP contribution is 2.61. The van der Waals surface area contributed by atoms with Gasteiger partial charge in [-0.3, -0.25) is 14.7 Å². The zero-order chi connectivity index (χ0) is 33.4. The van der Waals surface area contributed by atoms with Gasteiger partial charge in [0.05, 0.1) is 34.1 Å². The summed E-state index contributed by atoms with van der Waals surface area (Å²) in [5.41, 5.74) is 3.94. The average molecular weight is 662 g/mol. The van der Waals surface area contributed by atoms with Crippen molar-refractivity contribution >= 4 is 39.0 Å². The Balaban J connectivity index is 1.27. The van der Waals surface area contributed by atoms with E-state index in [1.165, 1.54) is 31.3 Å². The van der Waals surface area contributed by atoms with Gasteiger partial charge in [0, 0.05) is 41.4 Å². The largest absolute Gasteiger partial charge is 0.384 e. The van der Waals surface area contributed by atoms with Crippen LogP contribution in [0.3, 0.4) is 0 Å². The predicted octanol–water partition coefficient (Wildman–Crippen LogP) is 8.37. The van der Waals surface area contributed by atoms with Crippen LogP contribution in [0.25, 0.3) is 27.4 Å². The van der Waals surface area contributed by atoms with Gasteiger partial charge in [-0.05, 0) is 120 Å². The Bertz CT molecular complexity index is 1770. The standard InChI is InChI=1S/C42H55N5O2/c1-2-3-10-19-36(48)44-35-18-15-17-31-32-20-23-43-38(39(32)45-37(31)35)33-28-42(49)22-12-7-4-5-8-13-24-46-26-21-34(33)41(29-46)27-30-16-11-6-9-14-25-47(30)40(41)42/h4,7,11,15-18,20,23,28,30,34,40,45,49H,2-3,5-6,8-10,12-14,19,21-22,24-27,29H2,1H3,(H,44,48)/b7-4-,16-11-/t30-,34-,40+,41-,42-/m0/s1. The van der Waals surface area contributed by atoms with E-state index in [4.69, 9.17) is 4.98 Å². The highest BCUT2D eigenvalue weighted by molar-refractivity contribution is 6.14. The average Bonchev–Trinajstić information content (AvgIpc) is 3.62. The molecule has 260 valence electrons. The first-order valence-electron chi connectivity index (χ1n) is 19.5. The lowest BCUT2D eigenvalue weighted by Crippen LogP contribution is -2.65. The summed E-state index contributed by atoms with van der Waals surface area (Å²) >= 11 is 0. The van der Waals surface area contributed by atoms with Gasteiger partial charge in [0.15, 0.2) is 0 Å². The number of carbonyl (C=O) groups excluding carboxylic acids is 1. The summed E-state index contributed by atoms with van der Waals surface area (Å²) in [5, 5.41) is 18.7. The molecule has 2 fully saturated rings. The molecule has 8 rings (SSSR count). The second-order valence-electron chi connectivity index (χ2n) is 15.7. The molecule has 1 aliphatic carbocycles. The zero-order valence-corrected chi connectivity index (χ0v) is 29.4. The molecule has 5 aliphatic rings. The van der Waals surface area contributed by atoms with Crippen LogP contribution in [0, 0.1) is 11.3 Å². The van der Waals surface area contributed by atoms with Gasteiger partial charge < -0.3 is 20.3 Å². The van der Waals surface area contributed by atoms with Gasteiger partial charge in [-0.25, -0.2) is 0 Å². The molecule has 3 aromatic rings. The van der Waals surface area contributed by atoms with Crippen molar-refractivity contribution in [3.8, 4) is 0 Å². The number of unbranched alkanes of at least 4 members (excludes halogenated alkanes) is 2. The number of hydrogen-bond donors (Lipinski definition) is 3. The van der Waals surface area contributed by atoms with E-state index >= 15 is 0 Å². The van der Waals surface area contributed by atoms with Gasteiger partial charge in [-0.1, -0.05) is 56.2 Å². The van der Waals surface area contributed by atoms with Crippen molar-refractivity contribution in [3.05, 3.63) is 66.5 Å². The lowest BCUT2D eigenvalue weighted by Gasteiger charge is -2.58. The van der Waals surface area contributed by atoms with Crippen LogP contribution in [-0.4, -0.2) is 74.6 Å². The Labute approximate surface area is 291 Å². The van der Waals surface area contributed by atoms with E-state index < -0.39 is 5.60 Å². The first-order chi connectivity index (χ1) is 24.0. The van der Waals surface area contributed by atoms with E-state index in [0.29, 0.717) is 18.4 Å². The minimum atomic E-state index is -0.970. The summed E-state index contributed by atoms with van der Waals surface area (Å²) < 4.78 is 0. The van der Waals surface area contributed by atoms with Crippen molar-refractivity contribution in [1.82, 2.24) is 19.8 Å². The number of fused-ring (bicyclic) bond motifs is 5. The topological polar surface area (TPSA) is 84.5 Å². The van der Waals surface area contributed by atoms with Gasteiger partial charge in [-0.2, -0.15) is 0 Å². The van der Waals surface area contributed by atoms with Crippen molar-refractivity contribution in [2.45, 2.75) is 114 Å². The smallest absolute Gasteiger partial charge is 0.224 e. The van der Waals surface area contributed by atoms with E-state index in [1.807, 2.05) is 18.3 Å². The van der Waals surface area contributed by atoms with E-state index in [2.05, 4.69) is 69.5 Å². The summed E-state index contributed by atoms with van der Waals surface area (Å²) in [6, 6.07) is 8.73. The number of rotatable bonds is 6. The van der Waals surface area contributed by atoms with Gasteiger partial charge in [-0.15, -0.1) is 0 Å². The molecular formula is C42H55N5O2. The number of piperidine rings is 1. The summed E-state index contributed by atoms with van der Waals surface area (Å²) in [4.78, 5) is 27.4. The molecule has 4 aliphatic heterocycles. The highest BCUT2D eigenvalue weighted by Gasteiger charge is 2.65. The molecule has 0 radical (unpaired) electrons. The van der Waals surface area contributed by atoms with Crippen LogP contribution in [0.15, 0.2) is 60.8 Å². The third-order valence-corrected chi connectivity index (χ3v) is 12.6. The molecule has 1 spiro atoms. The number of nitrogens with zero attached hydrogens (tertiary/aromatic N) is 3. The van der Waals surface area contributed by atoms with E-state index in [-0.39, 0.29) is 17.4 Å². The molecule has 0 saturated carbocycles. The Morgan fingerprint density at radius 3 is 2.73 bits per heavy atom. The molecule has 6 heterocycles. The minimum absolute atomic E-state index is 0.0640. The van der Waals surface area contributed by atoms with Crippen LogP contribution in [0.5, 0.6) is 0 Å². The molecule has 3 N–H and O–H groups in total. The fraction of sp³-hybridized carbons (Fsp3) is 0.571. The van der Waals surface area contributed by atoms with Crippen LogP contribution < -0.4 is 5.32 Å². The van der Waals surface area contributed by atoms with Gasteiger partial charge >= 0.3 is 0 Å². The molecule has 6 atom stereocenters. The molecular weight excluding hydrogens is 606 g/mol. The van der Waals surface area contributed by atoms with Crippen LogP contribution in [0.1, 0.15) is 103 Å². The second kappa shape index (κ2) is 13.8. The lowest BCUT2D eigenvalue weighted by atomic mass is 9.54. The van der Waals surface area contributed by atoms with Crippen molar-refractivity contribution in [1.29, 1.82) is 0 Å². The normalized spacial score (nSPS) is 33.3. The summed E-state index contributed by atoms with van der Waals surface area (Å²) in [7, 11) is 0. The van der Waals surface area contributed by atoms with Crippen LogP contribution in [0.2, 0.25) is 0 Å². The number of amides is 1. The number of H-pyrrole nitrogens is 1. The molecule has 2 aromatic heterocycles. The monoisotopic (exact) mass is 661 g/mol. The molecule has 1 aromatic carbocycles. The molecule has 7 heteroatoms. The number of aromatic nitrogens is 2. The van der Waals surface area contributed by atoms with Crippen LogP contribution in [0.4, 0.5) is 5.69 Å². The molecule has 49 heavy (non-hydrogen) atoms. The molecule has 7 nitrogen and oxygen atoms in total. The van der Waals surface area contributed by atoms with Crippen molar-refractivity contribution in [2.24, 2.45) is 11.3 Å². The van der Waals surface area contributed by atoms with E-state index in [1.54, 1.807) is 0 Å². The fourth-order valence-corrected chi connectivity index (χ4v) is 10.5.